The predicted molar refractivity (Wildman–Crippen MR) is 89.6 cm³/mol. The maximum absolute atomic E-state index is 12.5. The molecule has 0 bridgehead atoms. The molecular weight excluding hydrogens is 326 g/mol. The third kappa shape index (κ3) is 3.61. The summed E-state index contributed by atoms with van der Waals surface area (Å²) < 4.78 is 16.0. The van der Waals surface area contributed by atoms with Gasteiger partial charge in [-0.1, -0.05) is 0 Å². The summed E-state index contributed by atoms with van der Waals surface area (Å²) in [7, 11) is 1.57. The Morgan fingerprint density at radius 3 is 2.76 bits per heavy atom. The zero-order chi connectivity index (χ0) is 17.9. The second kappa shape index (κ2) is 7.14. The van der Waals surface area contributed by atoms with Crippen molar-refractivity contribution in [1.82, 2.24) is 5.32 Å². The number of benzene rings is 1. The van der Waals surface area contributed by atoms with E-state index in [0.29, 0.717) is 43.1 Å². The number of carbonyl (C=O) groups is 2. The Hall–Kier alpha value is -2.54. The molecule has 7 heteroatoms. The summed E-state index contributed by atoms with van der Waals surface area (Å²) in [5.41, 5.74) is 0.244. The Morgan fingerprint density at radius 2 is 2.08 bits per heavy atom. The van der Waals surface area contributed by atoms with Crippen LogP contribution in [0.2, 0.25) is 0 Å². The number of methoxy groups -OCH3 is 1. The van der Waals surface area contributed by atoms with E-state index in [4.69, 9.17) is 14.2 Å². The van der Waals surface area contributed by atoms with Gasteiger partial charge < -0.3 is 24.6 Å². The molecule has 7 nitrogen and oxygen atoms in total. The van der Waals surface area contributed by atoms with Crippen LogP contribution in [0.25, 0.3) is 6.08 Å². The Balaban J connectivity index is 1.70. The first-order chi connectivity index (χ1) is 12.0. The highest BCUT2D eigenvalue weighted by Gasteiger charge is 2.40. The topological polar surface area (TPSA) is 94.1 Å². The fourth-order valence-electron chi connectivity index (χ4n) is 3.01. The number of nitrogens with one attached hydrogen (secondary N) is 1. The van der Waals surface area contributed by atoms with E-state index in [1.54, 1.807) is 31.4 Å². The number of carbonyl (C=O) groups excluding carboxylic acids is 1. The minimum atomic E-state index is -0.967. The molecule has 2 aliphatic heterocycles. The lowest BCUT2D eigenvalue weighted by Gasteiger charge is -2.33. The van der Waals surface area contributed by atoms with Crippen LogP contribution < -0.4 is 14.8 Å². The van der Waals surface area contributed by atoms with E-state index < -0.39 is 11.4 Å². The minimum Gasteiger partial charge on any atom is -0.497 e. The SMILES string of the molecule is COc1ccc2c(c1)C=C(C(=O)NCC1(C(=O)O)CCOCC1)CO2. The monoisotopic (exact) mass is 347 g/mol. The second-order valence-electron chi connectivity index (χ2n) is 6.24. The van der Waals surface area contributed by atoms with Crippen molar-refractivity contribution in [1.29, 1.82) is 0 Å². The Kier molecular flexibility index (Phi) is 4.94. The number of hydrogen-bond acceptors (Lipinski definition) is 5. The lowest BCUT2D eigenvalue weighted by molar-refractivity contribution is -0.154. The molecule has 1 aromatic rings. The molecule has 0 saturated carbocycles. The maximum atomic E-state index is 12.5. The lowest BCUT2D eigenvalue weighted by Crippen LogP contribution is -2.47. The third-order valence-electron chi connectivity index (χ3n) is 4.71. The Bertz CT molecular complexity index is 706. The van der Waals surface area contributed by atoms with E-state index in [9.17, 15) is 14.7 Å². The van der Waals surface area contributed by atoms with Gasteiger partial charge in [0.25, 0.3) is 5.91 Å². The molecule has 0 aromatic heterocycles. The van der Waals surface area contributed by atoms with Crippen molar-refractivity contribution < 1.29 is 28.9 Å². The minimum absolute atomic E-state index is 0.0762. The fraction of sp³-hybridized carbons (Fsp3) is 0.444. The summed E-state index contributed by atoms with van der Waals surface area (Å²) in [6.45, 7) is 1.00. The first kappa shape index (κ1) is 17.3. The third-order valence-corrected chi connectivity index (χ3v) is 4.71. The van der Waals surface area contributed by atoms with Crippen LogP contribution in [0, 0.1) is 5.41 Å². The van der Waals surface area contributed by atoms with Crippen molar-refractivity contribution in [3.05, 3.63) is 29.3 Å². The zero-order valence-corrected chi connectivity index (χ0v) is 14.0. The van der Waals surface area contributed by atoms with E-state index in [0.717, 1.165) is 5.56 Å². The first-order valence-corrected chi connectivity index (χ1v) is 8.15. The average Bonchev–Trinajstić information content (AvgIpc) is 2.65. The molecule has 0 atom stereocenters. The number of hydrogen-bond donors (Lipinski definition) is 2. The van der Waals surface area contributed by atoms with Gasteiger partial charge >= 0.3 is 5.97 Å². The van der Waals surface area contributed by atoms with Gasteiger partial charge in [-0.25, -0.2) is 0 Å². The van der Waals surface area contributed by atoms with Gasteiger partial charge in [-0.2, -0.15) is 0 Å². The van der Waals surface area contributed by atoms with Crippen LogP contribution in [0.5, 0.6) is 11.5 Å². The summed E-state index contributed by atoms with van der Waals surface area (Å²) >= 11 is 0. The van der Waals surface area contributed by atoms with Crippen molar-refractivity contribution in [3.8, 4) is 11.5 Å². The number of carboxylic acids is 1. The molecule has 2 aliphatic rings. The normalized spacial score (nSPS) is 18.4. The molecule has 0 unspecified atom stereocenters. The van der Waals surface area contributed by atoms with E-state index in [1.165, 1.54) is 0 Å². The average molecular weight is 347 g/mol. The number of carboxylic acid groups (broad SMARTS) is 1. The highest BCUT2D eigenvalue weighted by Crippen LogP contribution is 2.31. The van der Waals surface area contributed by atoms with Crippen LogP contribution in [-0.4, -0.2) is 50.5 Å². The van der Waals surface area contributed by atoms with Crippen LogP contribution in [0.4, 0.5) is 0 Å². The van der Waals surface area contributed by atoms with Crippen molar-refractivity contribution in [3.63, 3.8) is 0 Å². The van der Waals surface area contributed by atoms with Crippen molar-refractivity contribution in [2.24, 2.45) is 5.41 Å². The first-order valence-electron chi connectivity index (χ1n) is 8.15. The molecule has 1 aromatic carbocycles. The smallest absolute Gasteiger partial charge is 0.311 e. The molecular formula is C18H21NO6. The standard InChI is InChI=1S/C18H21NO6/c1-23-14-2-3-15-12(9-14)8-13(10-25-15)16(20)19-11-18(17(21)22)4-6-24-7-5-18/h2-3,8-9H,4-7,10-11H2,1H3,(H,19,20)(H,21,22). The number of amides is 1. The predicted octanol–water partition coefficient (Wildman–Crippen LogP) is 1.47. The number of ether oxygens (including phenoxy) is 3. The molecule has 2 N–H and O–H groups in total. The highest BCUT2D eigenvalue weighted by molar-refractivity contribution is 5.99. The molecule has 1 fully saturated rings. The highest BCUT2D eigenvalue weighted by atomic mass is 16.5. The van der Waals surface area contributed by atoms with Crippen LogP contribution in [0.1, 0.15) is 18.4 Å². The van der Waals surface area contributed by atoms with Crippen LogP contribution in [-0.2, 0) is 14.3 Å². The summed E-state index contributed by atoms with van der Waals surface area (Å²) in [6, 6.07) is 5.37. The zero-order valence-electron chi connectivity index (χ0n) is 14.0. The van der Waals surface area contributed by atoms with Crippen LogP contribution in [0.15, 0.2) is 23.8 Å². The van der Waals surface area contributed by atoms with Crippen LogP contribution >= 0.6 is 0 Å². The maximum Gasteiger partial charge on any atom is 0.311 e. The van der Waals surface area contributed by atoms with E-state index in [-0.39, 0.29) is 19.1 Å². The van der Waals surface area contributed by atoms with Gasteiger partial charge in [-0.15, -0.1) is 0 Å². The summed E-state index contributed by atoms with van der Waals surface area (Å²) in [4.78, 5) is 24.1. The van der Waals surface area contributed by atoms with Gasteiger partial charge in [0.05, 0.1) is 18.1 Å². The molecule has 25 heavy (non-hydrogen) atoms. The van der Waals surface area contributed by atoms with Gasteiger partial charge in [0.2, 0.25) is 0 Å². The fourth-order valence-corrected chi connectivity index (χ4v) is 3.01. The second-order valence-corrected chi connectivity index (χ2v) is 6.24. The molecule has 134 valence electrons. The van der Waals surface area contributed by atoms with Crippen molar-refractivity contribution >= 4 is 18.0 Å². The Morgan fingerprint density at radius 1 is 1.32 bits per heavy atom. The van der Waals surface area contributed by atoms with E-state index >= 15 is 0 Å². The van der Waals surface area contributed by atoms with Gasteiger partial charge in [-0.05, 0) is 37.1 Å². The summed E-state index contributed by atoms with van der Waals surface area (Å²) in [6.07, 6.45) is 2.52. The molecule has 1 amide bonds. The molecule has 1 saturated heterocycles. The molecule has 2 heterocycles. The summed E-state index contributed by atoms with van der Waals surface area (Å²) in [5.74, 6) is 0.136. The molecule has 0 radical (unpaired) electrons. The van der Waals surface area contributed by atoms with E-state index in [2.05, 4.69) is 5.32 Å². The van der Waals surface area contributed by atoms with Gasteiger partial charge in [0.15, 0.2) is 0 Å². The van der Waals surface area contributed by atoms with Gasteiger partial charge in [0, 0.05) is 25.3 Å². The summed E-state index contributed by atoms with van der Waals surface area (Å²) in [5, 5.41) is 12.3. The Labute approximate surface area is 145 Å². The van der Waals surface area contributed by atoms with Crippen molar-refractivity contribution in [2.75, 3.05) is 33.5 Å². The van der Waals surface area contributed by atoms with Crippen LogP contribution in [0.3, 0.4) is 0 Å². The van der Waals surface area contributed by atoms with E-state index in [1.807, 2.05) is 0 Å². The molecule has 0 spiro atoms. The molecule has 0 aliphatic carbocycles. The largest absolute Gasteiger partial charge is 0.497 e. The van der Waals surface area contributed by atoms with Gasteiger partial charge in [0.1, 0.15) is 18.1 Å². The quantitative estimate of drug-likeness (QED) is 0.838. The van der Waals surface area contributed by atoms with Crippen molar-refractivity contribution in [2.45, 2.75) is 12.8 Å². The lowest BCUT2D eigenvalue weighted by atomic mass is 9.80. The number of fused-ring (bicyclic) bond motifs is 1. The molecule has 3 rings (SSSR count). The number of rotatable bonds is 5. The number of aliphatic carboxylic acids is 1. The van der Waals surface area contributed by atoms with Gasteiger partial charge in [-0.3, -0.25) is 9.59 Å².